The lowest BCUT2D eigenvalue weighted by atomic mass is 9.88. The highest BCUT2D eigenvalue weighted by atomic mass is 16.5. The normalized spacial score (nSPS) is 19.2. The third kappa shape index (κ3) is 4.08. The maximum atomic E-state index is 11.5. The van der Waals surface area contributed by atoms with E-state index in [1.165, 1.54) is 0 Å². The zero-order valence-electron chi connectivity index (χ0n) is 10.3. The number of carbonyl (C=O) groups is 1. The number of carbonyl (C=O) groups excluding carboxylic acids is 1. The van der Waals surface area contributed by atoms with Crippen molar-refractivity contribution in [1.82, 2.24) is 10.2 Å². The third-order valence-electron chi connectivity index (χ3n) is 3.00. The number of hydrogen-bond acceptors (Lipinski definition) is 4. The summed E-state index contributed by atoms with van der Waals surface area (Å²) in [6, 6.07) is 0. The Labute approximate surface area is 97.3 Å². The van der Waals surface area contributed by atoms with Crippen molar-refractivity contribution in [3.8, 4) is 0 Å². The molecule has 5 nitrogen and oxygen atoms in total. The molecule has 0 unspecified atom stereocenters. The van der Waals surface area contributed by atoms with Crippen LogP contribution >= 0.6 is 0 Å². The first-order valence-electron chi connectivity index (χ1n) is 5.86. The number of methoxy groups -OCH3 is 1. The topological polar surface area (TPSA) is 67.6 Å². The van der Waals surface area contributed by atoms with Crippen molar-refractivity contribution in [2.24, 2.45) is 5.73 Å². The Hall–Kier alpha value is -0.650. The van der Waals surface area contributed by atoms with Crippen molar-refractivity contribution >= 4 is 5.91 Å². The SMILES string of the molecule is CCC1(N)CN(CC(=O)NCCCOC)C1. The molecule has 0 aromatic carbocycles. The number of rotatable bonds is 7. The van der Waals surface area contributed by atoms with Crippen LogP contribution in [0, 0.1) is 0 Å². The Morgan fingerprint density at radius 2 is 2.25 bits per heavy atom. The molecule has 1 rings (SSSR count). The van der Waals surface area contributed by atoms with Crippen molar-refractivity contribution in [3.05, 3.63) is 0 Å². The summed E-state index contributed by atoms with van der Waals surface area (Å²) in [4.78, 5) is 13.6. The largest absolute Gasteiger partial charge is 0.385 e. The second kappa shape index (κ2) is 6.18. The van der Waals surface area contributed by atoms with Crippen molar-refractivity contribution in [1.29, 1.82) is 0 Å². The zero-order valence-corrected chi connectivity index (χ0v) is 10.3. The van der Waals surface area contributed by atoms with Gasteiger partial charge < -0.3 is 15.8 Å². The molecule has 0 aliphatic carbocycles. The van der Waals surface area contributed by atoms with E-state index in [9.17, 15) is 4.79 Å². The van der Waals surface area contributed by atoms with Gasteiger partial charge in [-0.3, -0.25) is 9.69 Å². The van der Waals surface area contributed by atoms with Gasteiger partial charge in [0.05, 0.1) is 6.54 Å². The predicted molar refractivity (Wildman–Crippen MR) is 63.2 cm³/mol. The summed E-state index contributed by atoms with van der Waals surface area (Å²) in [5.41, 5.74) is 5.96. The first-order valence-corrected chi connectivity index (χ1v) is 5.86. The van der Waals surface area contributed by atoms with Crippen LogP contribution in [0.4, 0.5) is 0 Å². The summed E-state index contributed by atoms with van der Waals surface area (Å²) < 4.78 is 4.90. The van der Waals surface area contributed by atoms with E-state index in [4.69, 9.17) is 10.5 Å². The van der Waals surface area contributed by atoms with E-state index >= 15 is 0 Å². The van der Waals surface area contributed by atoms with Gasteiger partial charge in [-0.05, 0) is 12.8 Å². The lowest BCUT2D eigenvalue weighted by Crippen LogP contribution is -2.68. The second-order valence-corrected chi connectivity index (χ2v) is 4.56. The van der Waals surface area contributed by atoms with Crippen LogP contribution in [0.15, 0.2) is 0 Å². The number of nitrogens with one attached hydrogen (secondary N) is 1. The van der Waals surface area contributed by atoms with Gasteiger partial charge in [0.15, 0.2) is 0 Å². The average molecular weight is 229 g/mol. The van der Waals surface area contributed by atoms with Crippen molar-refractivity contribution in [2.75, 3.05) is 39.9 Å². The lowest BCUT2D eigenvalue weighted by Gasteiger charge is -2.47. The van der Waals surface area contributed by atoms with E-state index in [2.05, 4.69) is 17.1 Å². The van der Waals surface area contributed by atoms with Gasteiger partial charge in [0.25, 0.3) is 0 Å². The number of nitrogens with zero attached hydrogens (tertiary/aromatic N) is 1. The van der Waals surface area contributed by atoms with Gasteiger partial charge >= 0.3 is 0 Å². The molecule has 1 fully saturated rings. The van der Waals surface area contributed by atoms with Gasteiger partial charge in [0.1, 0.15) is 0 Å². The summed E-state index contributed by atoms with van der Waals surface area (Å²) in [6.07, 6.45) is 1.83. The Morgan fingerprint density at radius 1 is 1.56 bits per heavy atom. The molecular formula is C11H23N3O2. The molecule has 0 aromatic heterocycles. The summed E-state index contributed by atoms with van der Waals surface area (Å²) in [6.45, 7) is 5.58. The highest BCUT2D eigenvalue weighted by Gasteiger charge is 2.38. The van der Waals surface area contributed by atoms with Crippen molar-refractivity contribution in [3.63, 3.8) is 0 Å². The second-order valence-electron chi connectivity index (χ2n) is 4.56. The molecule has 1 amide bonds. The van der Waals surface area contributed by atoms with Crippen LogP contribution < -0.4 is 11.1 Å². The van der Waals surface area contributed by atoms with Crippen LogP contribution in [0.5, 0.6) is 0 Å². The van der Waals surface area contributed by atoms with Crippen molar-refractivity contribution < 1.29 is 9.53 Å². The Balaban J connectivity index is 2.04. The molecule has 0 aromatic rings. The van der Waals surface area contributed by atoms with Crippen LogP contribution in [0.1, 0.15) is 19.8 Å². The molecule has 1 heterocycles. The number of nitrogens with two attached hydrogens (primary N) is 1. The van der Waals surface area contributed by atoms with Crippen LogP contribution in [0.2, 0.25) is 0 Å². The minimum atomic E-state index is -0.0592. The number of likely N-dealkylation sites (tertiary alicyclic amines) is 1. The minimum absolute atomic E-state index is 0.0592. The van der Waals surface area contributed by atoms with E-state index < -0.39 is 0 Å². The highest BCUT2D eigenvalue weighted by molar-refractivity contribution is 5.78. The van der Waals surface area contributed by atoms with Gasteiger partial charge in [0, 0.05) is 38.9 Å². The Bertz CT molecular complexity index is 227. The van der Waals surface area contributed by atoms with Gasteiger partial charge in [-0.25, -0.2) is 0 Å². The average Bonchev–Trinajstić information content (AvgIpc) is 2.22. The van der Waals surface area contributed by atoms with Gasteiger partial charge in [-0.1, -0.05) is 6.92 Å². The summed E-state index contributed by atoms with van der Waals surface area (Å²) in [7, 11) is 1.66. The summed E-state index contributed by atoms with van der Waals surface area (Å²) in [5, 5.41) is 2.86. The molecule has 0 bridgehead atoms. The van der Waals surface area contributed by atoms with E-state index in [1.807, 2.05) is 0 Å². The van der Waals surface area contributed by atoms with Gasteiger partial charge in [0.2, 0.25) is 5.91 Å². The van der Waals surface area contributed by atoms with E-state index in [0.717, 1.165) is 25.9 Å². The molecule has 0 spiro atoms. The molecule has 94 valence electrons. The molecule has 0 atom stereocenters. The fraction of sp³-hybridized carbons (Fsp3) is 0.909. The first-order chi connectivity index (χ1) is 7.59. The van der Waals surface area contributed by atoms with E-state index in [0.29, 0.717) is 19.7 Å². The molecule has 5 heteroatoms. The number of amides is 1. The quantitative estimate of drug-likeness (QED) is 0.581. The van der Waals surface area contributed by atoms with Crippen molar-refractivity contribution in [2.45, 2.75) is 25.3 Å². The van der Waals surface area contributed by atoms with E-state index in [1.54, 1.807) is 7.11 Å². The van der Waals surface area contributed by atoms with Crippen LogP contribution in [-0.2, 0) is 9.53 Å². The minimum Gasteiger partial charge on any atom is -0.385 e. The zero-order chi connectivity index (χ0) is 12.0. The van der Waals surface area contributed by atoms with Gasteiger partial charge in [-0.15, -0.1) is 0 Å². The van der Waals surface area contributed by atoms with Crippen LogP contribution in [0.3, 0.4) is 0 Å². The van der Waals surface area contributed by atoms with Crippen LogP contribution in [0.25, 0.3) is 0 Å². The standard InChI is InChI=1S/C11H23N3O2/c1-3-11(12)8-14(9-11)7-10(15)13-5-4-6-16-2/h3-9,12H2,1-2H3,(H,13,15). The maximum absolute atomic E-state index is 11.5. The lowest BCUT2D eigenvalue weighted by molar-refractivity contribution is -0.124. The molecule has 16 heavy (non-hydrogen) atoms. The maximum Gasteiger partial charge on any atom is 0.234 e. The van der Waals surface area contributed by atoms with Gasteiger partial charge in [-0.2, -0.15) is 0 Å². The fourth-order valence-corrected chi connectivity index (χ4v) is 1.88. The molecule has 1 aliphatic heterocycles. The fourth-order valence-electron chi connectivity index (χ4n) is 1.88. The molecule has 1 aliphatic rings. The predicted octanol–water partition coefficient (Wildman–Crippen LogP) is -0.438. The molecular weight excluding hydrogens is 206 g/mol. The molecule has 0 radical (unpaired) electrons. The highest BCUT2D eigenvalue weighted by Crippen LogP contribution is 2.20. The first kappa shape index (κ1) is 13.4. The number of hydrogen-bond donors (Lipinski definition) is 2. The third-order valence-corrected chi connectivity index (χ3v) is 3.00. The summed E-state index contributed by atoms with van der Waals surface area (Å²) in [5.74, 6) is 0.0780. The summed E-state index contributed by atoms with van der Waals surface area (Å²) >= 11 is 0. The van der Waals surface area contributed by atoms with Crippen LogP contribution in [-0.4, -0.2) is 56.2 Å². The molecule has 1 saturated heterocycles. The monoisotopic (exact) mass is 229 g/mol. The molecule has 0 saturated carbocycles. The van der Waals surface area contributed by atoms with E-state index in [-0.39, 0.29) is 11.4 Å². The smallest absolute Gasteiger partial charge is 0.234 e. The Morgan fingerprint density at radius 3 is 2.81 bits per heavy atom. The molecule has 3 N–H and O–H groups in total. The Kier molecular flexibility index (Phi) is 5.18. The number of ether oxygens (including phenoxy) is 1.